The molecule has 1 aromatic heterocycles. The maximum absolute atomic E-state index is 9.05. The Morgan fingerprint density at radius 3 is 2.43 bits per heavy atom. The molecule has 3 nitrogen and oxygen atoms in total. The van der Waals surface area contributed by atoms with Crippen LogP contribution in [0, 0.1) is 22.7 Å². The molecule has 0 N–H and O–H groups in total. The molecule has 1 heterocycles. The van der Waals surface area contributed by atoms with E-state index >= 15 is 0 Å². The molecule has 0 fully saturated rings. The molecule has 3 heteroatoms. The fraction of sp³-hybridized carbons (Fsp3) is 0.556. The summed E-state index contributed by atoms with van der Waals surface area (Å²) >= 11 is 0. The van der Waals surface area contributed by atoms with Gasteiger partial charge in [-0.3, -0.25) is 0 Å². The number of rotatable bonds is 3. The summed E-state index contributed by atoms with van der Waals surface area (Å²) in [6.45, 7) is 13.5. The number of nitriles is 1. The van der Waals surface area contributed by atoms with E-state index in [1.165, 1.54) is 0 Å². The third-order valence-electron chi connectivity index (χ3n) is 4.38. The highest BCUT2D eigenvalue weighted by atomic mass is 15.1. The first-order chi connectivity index (χ1) is 9.74. The number of imidazole rings is 1. The summed E-state index contributed by atoms with van der Waals surface area (Å²) in [7, 11) is 0. The quantitative estimate of drug-likeness (QED) is 0.818. The van der Waals surface area contributed by atoms with Gasteiger partial charge in [-0.15, -0.1) is 0 Å². The maximum Gasteiger partial charge on any atom is 0.110 e. The fourth-order valence-corrected chi connectivity index (χ4v) is 2.52. The largest absolute Gasteiger partial charge is 0.325 e. The second-order valence-corrected chi connectivity index (χ2v) is 7.28. The minimum Gasteiger partial charge on any atom is -0.325 e. The van der Waals surface area contributed by atoms with Gasteiger partial charge in [0.25, 0.3) is 0 Å². The van der Waals surface area contributed by atoms with Gasteiger partial charge in [-0.1, -0.05) is 27.7 Å². The van der Waals surface area contributed by atoms with Crippen LogP contribution in [0.4, 0.5) is 0 Å². The van der Waals surface area contributed by atoms with Gasteiger partial charge in [0, 0.05) is 12.5 Å². The molecule has 1 atom stereocenters. The molecule has 21 heavy (non-hydrogen) atoms. The summed E-state index contributed by atoms with van der Waals surface area (Å²) in [6, 6.07) is 8.34. The lowest BCUT2D eigenvalue weighted by Crippen LogP contribution is -2.21. The van der Waals surface area contributed by atoms with Crippen molar-refractivity contribution >= 4 is 11.0 Å². The molecule has 0 bridgehead atoms. The topological polar surface area (TPSA) is 41.6 Å². The summed E-state index contributed by atoms with van der Waals surface area (Å²) < 4.78 is 2.30. The van der Waals surface area contributed by atoms with E-state index in [1.54, 1.807) is 0 Å². The van der Waals surface area contributed by atoms with Crippen molar-refractivity contribution in [1.82, 2.24) is 9.55 Å². The first kappa shape index (κ1) is 15.6. The molecule has 0 saturated carbocycles. The van der Waals surface area contributed by atoms with Crippen LogP contribution >= 0.6 is 0 Å². The molecule has 2 aromatic rings. The zero-order chi connectivity index (χ0) is 15.8. The molecule has 0 aliphatic heterocycles. The maximum atomic E-state index is 9.05. The Labute approximate surface area is 127 Å². The molecule has 0 saturated heterocycles. The highest BCUT2D eigenvalue weighted by Crippen LogP contribution is 2.30. The van der Waals surface area contributed by atoms with Gasteiger partial charge in [-0.25, -0.2) is 4.98 Å². The molecule has 0 aliphatic carbocycles. The zero-order valence-electron chi connectivity index (χ0n) is 13.9. The Balaban J connectivity index is 2.52. The van der Waals surface area contributed by atoms with Gasteiger partial charge in [0.05, 0.1) is 22.7 Å². The van der Waals surface area contributed by atoms with Crippen LogP contribution in [0.15, 0.2) is 18.2 Å². The Kier molecular flexibility index (Phi) is 4.09. The molecule has 0 spiro atoms. The lowest BCUT2D eigenvalue weighted by Gasteiger charge is -2.27. The molecule has 2 rings (SSSR count). The standard InChI is InChI=1S/C18H25N3/c1-12(2)21-16-8-7-14(11-19)10-15(16)20-17(21)9-13(3)18(4,5)6/h7-8,10,12-13H,9H2,1-6H3. The smallest absolute Gasteiger partial charge is 0.110 e. The van der Waals surface area contributed by atoms with E-state index in [2.05, 4.69) is 52.2 Å². The lowest BCUT2D eigenvalue weighted by molar-refractivity contribution is 0.254. The van der Waals surface area contributed by atoms with E-state index in [0.717, 1.165) is 23.3 Å². The van der Waals surface area contributed by atoms with Crippen molar-refractivity contribution in [3.8, 4) is 6.07 Å². The van der Waals surface area contributed by atoms with Gasteiger partial charge in [-0.05, 0) is 43.4 Å². The van der Waals surface area contributed by atoms with Gasteiger partial charge in [0.15, 0.2) is 0 Å². The summed E-state index contributed by atoms with van der Waals surface area (Å²) in [5, 5.41) is 9.05. The first-order valence-corrected chi connectivity index (χ1v) is 7.65. The Morgan fingerprint density at radius 2 is 1.90 bits per heavy atom. The van der Waals surface area contributed by atoms with Crippen molar-refractivity contribution in [2.75, 3.05) is 0 Å². The van der Waals surface area contributed by atoms with E-state index in [0.29, 0.717) is 17.5 Å². The molecule has 112 valence electrons. The van der Waals surface area contributed by atoms with Crippen molar-refractivity contribution < 1.29 is 0 Å². The summed E-state index contributed by atoms with van der Waals surface area (Å²) in [5.41, 5.74) is 2.99. The molecule has 0 radical (unpaired) electrons. The Bertz CT molecular complexity index is 681. The van der Waals surface area contributed by atoms with Crippen molar-refractivity contribution in [3.63, 3.8) is 0 Å². The number of hydrogen-bond acceptors (Lipinski definition) is 2. The average Bonchev–Trinajstić information content (AvgIpc) is 2.74. The minimum absolute atomic E-state index is 0.262. The van der Waals surface area contributed by atoms with Gasteiger partial charge in [0.2, 0.25) is 0 Å². The molecule has 1 unspecified atom stereocenters. The summed E-state index contributed by atoms with van der Waals surface area (Å²) in [6.07, 6.45) is 0.957. The first-order valence-electron chi connectivity index (χ1n) is 7.65. The van der Waals surface area contributed by atoms with Gasteiger partial charge < -0.3 is 4.57 Å². The lowest BCUT2D eigenvalue weighted by atomic mass is 9.80. The number of aromatic nitrogens is 2. The predicted molar refractivity (Wildman–Crippen MR) is 87.2 cm³/mol. The van der Waals surface area contributed by atoms with Crippen molar-refractivity contribution in [1.29, 1.82) is 5.26 Å². The number of fused-ring (bicyclic) bond motifs is 1. The molecule has 0 aliphatic rings. The highest BCUT2D eigenvalue weighted by Gasteiger charge is 2.23. The van der Waals surface area contributed by atoms with E-state index in [4.69, 9.17) is 10.2 Å². The molecular weight excluding hydrogens is 258 g/mol. The van der Waals surface area contributed by atoms with Crippen LogP contribution in [0.25, 0.3) is 11.0 Å². The Morgan fingerprint density at radius 1 is 1.24 bits per heavy atom. The van der Waals surface area contributed by atoms with E-state index in [-0.39, 0.29) is 5.41 Å². The minimum atomic E-state index is 0.262. The van der Waals surface area contributed by atoms with Crippen LogP contribution in [-0.4, -0.2) is 9.55 Å². The normalized spacial score (nSPS) is 13.6. The van der Waals surface area contributed by atoms with Gasteiger partial charge in [-0.2, -0.15) is 5.26 Å². The fourth-order valence-electron chi connectivity index (χ4n) is 2.52. The van der Waals surface area contributed by atoms with Crippen LogP contribution in [0.1, 0.15) is 59.0 Å². The number of hydrogen-bond donors (Lipinski definition) is 0. The number of nitrogens with zero attached hydrogens (tertiary/aromatic N) is 3. The van der Waals surface area contributed by atoms with Crippen LogP contribution < -0.4 is 0 Å². The van der Waals surface area contributed by atoms with Crippen molar-refractivity contribution in [2.45, 2.75) is 54.0 Å². The second kappa shape index (κ2) is 5.52. The van der Waals surface area contributed by atoms with Crippen LogP contribution in [0.5, 0.6) is 0 Å². The third-order valence-corrected chi connectivity index (χ3v) is 4.38. The SMILES string of the molecule is CC(C)n1c(CC(C)C(C)(C)C)nc2cc(C#N)ccc21. The summed E-state index contributed by atoms with van der Waals surface area (Å²) in [4.78, 5) is 4.81. The van der Waals surface area contributed by atoms with Crippen molar-refractivity contribution in [3.05, 3.63) is 29.6 Å². The third kappa shape index (κ3) is 3.10. The molecule has 0 amide bonds. The zero-order valence-corrected chi connectivity index (χ0v) is 13.9. The number of benzene rings is 1. The molecule has 1 aromatic carbocycles. The summed E-state index contributed by atoms with van der Waals surface area (Å²) in [5.74, 6) is 1.67. The highest BCUT2D eigenvalue weighted by molar-refractivity contribution is 5.78. The van der Waals surface area contributed by atoms with Crippen LogP contribution in [-0.2, 0) is 6.42 Å². The predicted octanol–water partition coefficient (Wildman–Crippen LogP) is 4.71. The van der Waals surface area contributed by atoms with E-state index in [1.807, 2.05) is 18.2 Å². The van der Waals surface area contributed by atoms with Crippen LogP contribution in [0.3, 0.4) is 0 Å². The Hall–Kier alpha value is -1.82. The average molecular weight is 283 g/mol. The van der Waals surface area contributed by atoms with Gasteiger partial charge >= 0.3 is 0 Å². The van der Waals surface area contributed by atoms with Crippen LogP contribution in [0.2, 0.25) is 0 Å². The van der Waals surface area contributed by atoms with Crippen molar-refractivity contribution in [2.24, 2.45) is 11.3 Å². The molecular formula is C18H25N3. The second-order valence-electron chi connectivity index (χ2n) is 7.28. The van der Waals surface area contributed by atoms with E-state index in [9.17, 15) is 0 Å². The van der Waals surface area contributed by atoms with E-state index < -0.39 is 0 Å². The monoisotopic (exact) mass is 283 g/mol. The van der Waals surface area contributed by atoms with Gasteiger partial charge in [0.1, 0.15) is 5.82 Å².